The molecule has 0 radical (unpaired) electrons. The summed E-state index contributed by atoms with van der Waals surface area (Å²) in [6, 6.07) is 9.35. The fourth-order valence-electron chi connectivity index (χ4n) is 3.98. The third-order valence-corrected chi connectivity index (χ3v) is 8.78. The summed E-state index contributed by atoms with van der Waals surface area (Å²) in [5.41, 5.74) is 3.97. The zero-order valence-electron chi connectivity index (χ0n) is 18.8. The van der Waals surface area contributed by atoms with Crippen LogP contribution in [0.4, 0.5) is 0 Å². The molecule has 3 heterocycles. The number of rotatable bonds is 6. The van der Waals surface area contributed by atoms with Gasteiger partial charge < -0.3 is 9.47 Å². The van der Waals surface area contributed by atoms with Crippen LogP contribution in [0.2, 0.25) is 0 Å². The van der Waals surface area contributed by atoms with Gasteiger partial charge in [-0.1, -0.05) is 24.3 Å². The molecule has 9 heteroatoms. The molecule has 3 aromatic rings. The number of benzene rings is 1. The predicted molar refractivity (Wildman–Crippen MR) is 126 cm³/mol. The van der Waals surface area contributed by atoms with E-state index < -0.39 is 10.0 Å². The van der Waals surface area contributed by atoms with Crippen LogP contribution in [0.1, 0.15) is 45.0 Å². The molecule has 32 heavy (non-hydrogen) atoms. The van der Waals surface area contributed by atoms with Crippen molar-refractivity contribution >= 4 is 27.3 Å². The molecule has 1 N–H and O–H groups in total. The van der Waals surface area contributed by atoms with Gasteiger partial charge in [0.15, 0.2) is 0 Å². The maximum absolute atomic E-state index is 13.1. The van der Waals surface area contributed by atoms with E-state index in [1.54, 1.807) is 13.0 Å². The van der Waals surface area contributed by atoms with Crippen LogP contribution in [0, 0.1) is 20.8 Å². The molecule has 170 valence electrons. The molecule has 2 aromatic heterocycles. The van der Waals surface area contributed by atoms with Crippen molar-refractivity contribution in [1.29, 1.82) is 0 Å². The minimum Gasteiger partial charge on any atom is -0.345 e. The summed E-state index contributed by atoms with van der Waals surface area (Å²) < 4.78 is 30.7. The van der Waals surface area contributed by atoms with E-state index in [0.29, 0.717) is 27.0 Å². The topological polar surface area (TPSA) is 84.3 Å². The van der Waals surface area contributed by atoms with Gasteiger partial charge >= 0.3 is 0 Å². The van der Waals surface area contributed by atoms with Crippen LogP contribution in [0.3, 0.4) is 0 Å². The number of likely N-dealkylation sites (tertiary alicyclic amines) is 1. The molecule has 0 spiro atoms. The number of amides is 1. The summed E-state index contributed by atoms with van der Waals surface area (Å²) in [5.74, 6) is 0.0161. The van der Waals surface area contributed by atoms with Gasteiger partial charge in [0, 0.05) is 32.4 Å². The number of carbonyl (C=O) groups is 1. The first-order chi connectivity index (χ1) is 15.2. The molecule has 1 saturated heterocycles. The monoisotopic (exact) mass is 472 g/mol. The van der Waals surface area contributed by atoms with Crippen LogP contribution >= 0.6 is 11.3 Å². The minimum absolute atomic E-state index is 0.0161. The van der Waals surface area contributed by atoms with Crippen molar-refractivity contribution in [3.05, 3.63) is 57.7 Å². The lowest BCUT2D eigenvalue weighted by molar-refractivity contribution is 0.0796. The van der Waals surface area contributed by atoms with E-state index in [0.717, 1.165) is 37.1 Å². The molecule has 0 bridgehead atoms. The highest BCUT2D eigenvalue weighted by molar-refractivity contribution is 7.89. The summed E-state index contributed by atoms with van der Waals surface area (Å²) in [5, 5.41) is 0.649. The largest absolute Gasteiger partial charge is 0.345 e. The third-order valence-electron chi connectivity index (χ3n) is 6.10. The SMILES string of the molecule is Cc1ccccc1CNS(=O)(=O)c1cc(-c2nc(C)c(C(=O)N3CCCC3)s2)n(C)c1C. The highest BCUT2D eigenvalue weighted by Crippen LogP contribution is 2.33. The maximum atomic E-state index is 13.1. The fraction of sp³-hybridized carbons (Fsp3) is 0.391. The van der Waals surface area contributed by atoms with Gasteiger partial charge in [0.25, 0.3) is 5.91 Å². The Morgan fingerprint density at radius 1 is 1.16 bits per heavy atom. The van der Waals surface area contributed by atoms with Crippen LogP contribution < -0.4 is 4.72 Å². The third kappa shape index (κ3) is 4.24. The second kappa shape index (κ2) is 8.80. The molecule has 7 nitrogen and oxygen atoms in total. The number of thiazole rings is 1. The van der Waals surface area contributed by atoms with E-state index in [2.05, 4.69) is 9.71 Å². The molecule has 0 saturated carbocycles. The Bertz CT molecular complexity index is 1270. The fourth-order valence-corrected chi connectivity index (χ4v) is 6.36. The number of carbonyl (C=O) groups excluding carboxylic acids is 1. The van der Waals surface area contributed by atoms with E-state index in [4.69, 9.17) is 0 Å². The number of hydrogen-bond donors (Lipinski definition) is 1. The second-order valence-electron chi connectivity index (χ2n) is 8.22. The van der Waals surface area contributed by atoms with Crippen LogP contribution in [0.15, 0.2) is 35.2 Å². The Morgan fingerprint density at radius 2 is 1.84 bits per heavy atom. The van der Waals surface area contributed by atoms with E-state index >= 15 is 0 Å². The number of aromatic nitrogens is 2. The lowest BCUT2D eigenvalue weighted by Gasteiger charge is -2.13. The summed E-state index contributed by atoms with van der Waals surface area (Å²) in [6.45, 7) is 7.36. The molecule has 1 aromatic carbocycles. The number of aryl methyl sites for hydroxylation is 2. The minimum atomic E-state index is -3.72. The van der Waals surface area contributed by atoms with Gasteiger partial charge in [-0.2, -0.15) is 0 Å². The number of hydrogen-bond acceptors (Lipinski definition) is 5. The first-order valence-electron chi connectivity index (χ1n) is 10.7. The van der Waals surface area contributed by atoms with Gasteiger partial charge in [-0.15, -0.1) is 11.3 Å². The van der Waals surface area contributed by atoms with E-state index in [1.807, 2.05) is 54.6 Å². The Labute approximate surface area is 193 Å². The van der Waals surface area contributed by atoms with Crippen LogP contribution in [-0.4, -0.2) is 41.9 Å². The van der Waals surface area contributed by atoms with Crippen molar-refractivity contribution in [2.45, 2.75) is 45.1 Å². The molecule has 1 amide bonds. The smallest absolute Gasteiger partial charge is 0.265 e. The van der Waals surface area contributed by atoms with Gasteiger partial charge in [-0.25, -0.2) is 18.1 Å². The average molecular weight is 473 g/mol. The van der Waals surface area contributed by atoms with E-state index in [9.17, 15) is 13.2 Å². The van der Waals surface area contributed by atoms with Gasteiger partial charge in [-0.05, 0) is 50.8 Å². The van der Waals surface area contributed by atoms with Crippen molar-refractivity contribution in [2.75, 3.05) is 13.1 Å². The summed E-state index contributed by atoms with van der Waals surface area (Å²) in [6.07, 6.45) is 2.06. The normalized spacial score (nSPS) is 14.3. The van der Waals surface area contributed by atoms with Crippen molar-refractivity contribution in [1.82, 2.24) is 19.2 Å². The molecule has 0 atom stereocenters. The van der Waals surface area contributed by atoms with Crippen molar-refractivity contribution in [3.63, 3.8) is 0 Å². The molecule has 1 aliphatic rings. The van der Waals surface area contributed by atoms with Gasteiger partial charge in [0.1, 0.15) is 14.8 Å². The molecule has 0 unspecified atom stereocenters. The van der Waals surface area contributed by atoms with Crippen LogP contribution in [-0.2, 0) is 23.6 Å². The summed E-state index contributed by atoms with van der Waals surface area (Å²) >= 11 is 1.33. The van der Waals surface area contributed by atoms with Gasteiger partial charge in [-0.3, -0.25) is 4.79 Å². The summed E-state index contributed by atoms with van der Waals surface area (Å²) in [4.78, 5) is 20.2. The Kier molecular flexibility index (Phi) is 6.24. The van der Waals surface area contributed by atoms with Crippen molar-refractivity contribution in [2.24, 2.45) is 7.05 Å². The van der Waals surface area contributed by atoms with Crippen LogP contribution in [0.5, 0.6) is 0 Å². The molecular weight excluding hydrogens is 444 g/mol. The summed E-state index contributed by atoms with van der Waals surface area (Å²) in [7, 11) is -1.89. The molecule has 1 fully saturated rings. The molecule has 4 rings (SSSR count). The lowest BCUT2D eigenvalue weighted by atomic mass is 10.1. The highest BCUT2D eigenvalue weighted by atomic mass is 32.2. The average Bonchev–Trinajstić information content (AvgIpc) is 3.48. The zero-order valence-corrected chi connectivity index (χ0v) is 20.4. The van der Waals surface area contributed by atoms with Crippen LogP contribution in [0.25, 0.3) is 10.7 Å². The Balaban J connectivity index is 1.62. The number of nitrogens with zero attached hydrogens (tertiary/aromatic N) is 3. The second-order valence-corrected chi connectivity index (χ2v) is 11.0. The van der Waals surface area contributed by atoms with E-state index in [1.165, 1.54) is 11.3 Å². The van der Waals surface area contributed by atoms with E-state index in [-0.39, 0.29) is 17.3 Å². The molecular formula is C23H28N4O3S2. The van der Waals surface area contributed by atoms with Gasteiger partial charge in [0.05, 0.1) is 11.4 Å². The molecule has 0 aliphatic carbocycles. The van der Waals surface area contributed by atoms with Gasteiger partial charge in [0.2, 0.25) is 10.0 Å². The number of sulfonamides is 1. The number of nitrogens with one attached hydrogen (secondary N) is 1. The quantitative estimate of drug-likeness (QED) is 0.592. The van der Waals surface area contributed by atoms with Crippen molar-refractivity contribution < 1.29 is 13.2 Å². The lowest BCUT2D eigenvalue weighted by Crippen LogP contribution is -2.27. The standard InChI is InChI=1S/C23H28N4O3S2/c1-15-9-5-6-10-18(15)14-24-32(29,30)20-13-19(26(4)17(20)3)22-25-16(2)21(31-22)23(28)27-11-7-8-12-27/h5-6,9-10,13,24H,7-8,11-12,14H2,1-4H3. The Morgan fingerprint density at radius 3 is 2.53 bits per heavy atom. The Hall–Kier alpha value is -2.49. The zero-order chi connectivity index (χ0) is 23.0. The molecule has 1 aliphatic heterocycles. The first kappa shape index (κ1) is 22.7. The highest BCUT2D eigenvalue weighted by Gasteiger charge is 2.27. The first-order valence-corrected chi connectivity index (χ1v) is 13.0. The maximum Gasteiger partial charge on any atom is 0.265 e. The predicted octanol–water partition coefficient (Wildman–Crippen LogP) is 3.79. The van der Waals surface area contributed by atoms with Crippen molar-refractivity contribution in [3.8, 4) is 10.7 Å².